The predicted molar refractivity (Wildman–Crippen MR) is 128 cm³/mol. The number of carbonyl (C=O) groups excluding carboxylic acids is 2. The Morgan fingerprint density at radius 3 is 2.31 bits per heavy atom. The van der Waals surface area contributed by atoms with Gasteiger partial charge in [-0.1, -0.05) is 61.4 Å². The summed E-state index contributed by atoms with van der Waals surface area (Å²) in [7, 11) is 0. The van der Waals surface area contributed by atoms with E-state index in [4.69, 9.17) is 9.47 Å². The Morgan fingerprint density at radius 2 is 1.69 bits per heavy atom. The highest BCUT2D eigenvalue weighted by Crippen LogP contribution is 2.44. The van der Waals surface area contributed by atoms with Gasteiger partial charge in [0.05, 0.1) is 18.6 Å². The van der Waals surface area contributed by atoms with Crippen LogP contribution in [0.25, 0.3) is 11.1 Å². The molecule has 0 aromatic heterocycles. The number of benzene rings is 2. The zero-order valence-electron chi connectivity index (χ0n) is 19.4. The summed E-state index contributed by atoms with van der Waals surface area (Å²) in [5.41, 5.74) is 4.64. The van der Waals surface area contributed by atoms with Crippen molar-refractivity contribution in [2.45, 2.75) is 43.7 Å². The fourth-order valence-electron chi connectivity index (χ4n) is 5.08. The van der Waals surface area contributed by atoms with Crippen molar-refractivity contribution in [3.63, 3.8) is 0 Å². The van der Waals surface area contributed by atoms with Gasteiger partial charge >= 0.3 is 12.1 Å². The number of nitrogens with one attached hydrogen (secondary N) is 2. The summed E-state index contributed by atoms with van der Waals surface area (Å²) in [6.07, 6.45) is 2.09. The lowest BCUT2D eigenvalue weighted by Gasteiger charge is -2.17. The van der Waals surface area contributed by atoms with Crippen molar-refractivity contribution >= 4 is 18.0 Å². The molecule has 8 heteroatoms. The first kappa shape index (κ1) is 23.4. The average molecular weight is 479 g/mol. The minimum Gasteiger partial charge on any atom is -0.480 e. The van der Waals surface area contributed by atoms with Crippen molar-refractivity contribution < 1.29 is 29.0 Å². The minimum absolute atomic E-state index is 0.0122. The molecule has 2 aromatic carbocycles. The van der Waals surface area contributed by atoms with Gasteiger partial charge in [0, 0.05) is 12.5 Å². The second-order valence-electron chi connectivity index (χ2n) is 9.67. The third kappa shape index (κ3) is 5.32. The average Bonchev–Trinajstić information content (AvgIpc) is 3.45. The zero-order valence-corrected chi connectivity index (χ0v) is 19.4. The van der Waals surface area contributed by atoms with Gasteiger partial charge in [-0.05, 0) is 41.0 Å². The van der Waals surface area contributed by atoms with Crippen LogP contribution in [0.2, 0.25) is 0 Å². The monoisotopic (exact) mass is 478 g/mol. The van der Waals surface area contributed by atoms with Crippen molar-refractivity contribution in [1.82, 2.24) is 10.6 Å². The summed E-state index contributed by atoms with van der Waals surface area (Å²) in [6, 6.07) is 15.5. The van der Waals surface area contributed by atoms with Crippen molar-refractivity contribution in [2.75, 3.05) is 19.8 Å². The Kier molecular flexibility index (Phi) is 6.72. The van der Waals surface area contributed by atoms with Gasteiger partial charge in [-0.15, -0.1) is 0 Å². The Bertz CT molecular complexity index is 1070. The molecule has 2 amide bonds. The maximum Gasteiger partial charge on any atom is 0.407 e. The normalized spacial score (nSPS) is 21.6. The number of alkyl carbamates (subject to hydrolysis) is 1. The summed E-state index contributed by atoms with van der Waals surface area (Å²) >= 11 is 0. The maximum absolute atomic E-state index is 12.5. The number of hydrogen-bond donors (Lipinski definition) is 3. The van der Waals surface area contributed by atoms with E-state index in [0.717, 1.165) is 24.0 Å². The Hall–Kier alpha value is -3.39. The fraction of sp³-hybridized carbons (Fsp3) is 0.444. The number of ether oxygens (including phenoxy) is 2. The van der Waals surface area contributed by atoms with Crippen LogP contribution < -0.4 is 10.6 Å². The first-order chi connectivity index (χ1) is 17.0. The van der Waals surface area contributed by atoms with Crippen LogP contribution in [0.4, 0.5) is 4.79 Å². The molecule has 2 aromatic rings. The Labute approximate surface area is 204 Å². The zero-order chi connectivity index (χ0) is 24.4. The molecular weight excluding hydrogens is 448 g/mol. The lowest BCUT2D eigenvalue weighted by molar-refractivity contribution is -0.142. The van der Waals surface area contributed by atoms with E-state index in [1.807, 2.05) is 24.3 Å². The largest absolute Gasteiger partial charge is 0.480 e. The molecule has 0 bridgehead atoms. The molecule has 2 aliphatic carbocycles. The van der Waals surface area contributed by atoms with E-state index in [-0.39, 0.29) is 37.7 Å². The number of rotatable bonds is 9. The Morgan fingerprint density at radius 1 is 1.03 bits per heavy atom. The number of carboxylic acids is 1. The van der Waals surface area contributed by atoms with E-state index in [2.05, 4.69) is 34.9 Å². The van der Waals surface area contributed by atoms with Crippen LogP contribution in [-0.2, 0) is 19.1 Å². The van der Waals surface area contributed by atoms with Crippen LogP contribution in [0.5, 0.6) is 0 Å². The van der Waals surface area contributed by atoms with Crippen LogP contribution in [-0.4, -0.2) is 55.0 Å². The summed E-state index contributed by atoms with van der Waals surface area (Å²) in [6.45, 7) is 0.664. The maximum atomic E-state index is 12.5. The molecule has 3 aliphatic rings. The number of carbonyl (C=O) groups is 3. The van der Waals surface area contributed by atoms with Crippen molar-refractivity contribution in [3.05, 3.63) is 59.7 Å². The smallest absolute Gasteiger partial charge is 0.407 e. The Balaban J connectivity index is 1.08. The van der Waals surface area contributed by atoms with Gasteiger partial charge in [0.15, 0.2) is 0 Å². The molecule has 1 saturated heterocycles. The van der Waals surface area contributed by atoms with E-state index in [0.29, 0.717) is 18.8 Å². The number of aliphatic carboxylic acids is 1. The molecule has 0 radical (unpaired) electrons. The van der Waals surface area contributed by atoms with Crippen molar-refractivity contribution in [3.8, 4) is 11.1 Å². The number of hydrogen-bond acceptors (Lipinski definition) is 5. The van der Waals surface area contributed by atoms with E-state index in [1.54, 1.807) is 0 Å². The third-order valence-corrected chi connectivity index (χ3v) is 7.15. The summed E-state index contributed by atoms with van der Waals surface area (Å²) in [5.74, 6) is -1.35. The van der Waals surface area contributed by atoms with E-state index < -0.39 is 24.0 Å². The SMILES string of the molecule is O=C(NCC1CC(C(=O)N[C@@H](CC2CC2)C(=O)O)CO1)OCC1c2ccccc2-c2ccccc21. The highest BCUT2D eigenvalue weighted by Gasteiger charge is 2.35. The number of amides is 2. The molecule has 5 rings (SSSR count). The molecule has 8 nitrogen and oxygen atoms in total. The topological polar surface area (TPSA) is 114 Å². The van der Waals surface area contributed by atoms with Crippen LogP contribution in [0.15, 0.2) is 48.5 Å². The van der Waals surface area contributed by atoms with Gasteiger partial charge in [0.25, 0.3) is 0 Å². The van der Waals surface area contributed by atoms with Crippen molar-refractivity contribution in [2.24, 2.45) is 11.8 Å². The molecule has 1 aliphatic heterocycles. The van der Waals surface area contributed by atoms with Crippen LogP contribution in [0.1, 0.15) is 42.7 Å². The van der Waals surface area contributed by atoms with E-state index >= 15 is 0 Å². The molecular formula is C27H30N2O6. The van der Waals surface area contributed by atoms with Crippen molar-refractivity contribution in [1.29, 1.82) is 0 Å². The molecule has 2 unspecified atom stereocenters. The van der Waals surface area contributed by atoms with E-state index in [9.17, 15) is 19.5 Å². The predicted octanol–water partition coefficient (Wildman–Crippen LogP) is 3.30. The van der Waals surface area contributed by atoms with Gasteiger partial charge in [-0.2, -0.15) is 0 Å². The summed E-state index contributed by atoms with van der Waals surface area (Å²) in [5, 5.41) is 14.8. The standard InChI is InChI=1S/C27H30N2O6/c30-25(29-24(26(31)32)11-16-9-10-16)17-12-18(34-14-17)13-28-27(33)35-15-23-21-7-3-1-5-19(21)20-6-2-4-8-22(20)23/h1-8,16-18,23-24H,9-15H2,(H,28,33)(H,29,30)(H,31,32)/t17?,18?,24-/m0/s1. The first-order valence-corrected chi connectivity index (χ1v) is 12.2. The molecule has 2 fully saturated rings. The molecule has 3 atom stereocenters. The first-order valence-electron chi connectivity index (χ1n) is 12.2. The van der Waals surface area contributed by atoms with E-state index in [1.165, 1.54) is 11.1 Å². The van der Waals surface area contributed by atoms with Gasteiger partial charge < -0.3 is 25.2 Å². The fourth-order valence-corrected chi connectivity index (χ4v) is 5.08. The molecule has 1 saturated carbocycles. The highest BCUT2D eigenvalue weighted by molar-refractivity contribution is 5.85. The minimum atomic E-state index is -1.00. The second kappa shape index (κ2) is 10.1. The van der Waals surface area contributed by atoms with Gasteiger partial charge in [-0.25, -0.2) is 9.59 Å². The number of fused-ring (bicyclic) bond motifs is 3. The molecule has 35 heavy (non-hydrogen) atoms. The lowest BCUT2D eigenvalue weighted by Crippen LogP contribution is -2.44. The molecule has 0 spiro atoms. The summed E-state index contributed by atoms with van der Waals surface area (Å²) in [4.78, 5) is 36.4. The summed E-state index contributed by atoms with van der Waals surface area (Å²) < 4.78 is 11.2. The molecule has 3 N–H and O–H groups in total. The lowest BCUT2D eigenvalue weighted by atomic mass is 9.98. The van der Waals surface area contributed by atoms with Gasteiger partial charge in [0.1, 0.15) is 12.6 Å². The van der Waals surface area contributed by atoms with Crippen LogP contribution in [0, 0.1) is 11.8 Å². The molecule has 184 valence electrons. The quantitative estimate of drug-likeness (QED) is 0.510. The second-order valence-corrected chi connectivity index (χ2v) is 9.67. The highest BCUT2D eigenvalue weighted by atomic mass is 16.5. The van der Waals surface area contributed by atoms with Crippen LogP contribution in [0.3, 0.4) is 0 Å². The van der Waals surface area contributed by atoms with Gasteiger partial charge in [0.2, 0.25) is 5.91 Å². The molecule has 1 heterocycles. The third-order valence-electron chi connectivity index (χ3n) is 7.15. The number of carboxylic acid groups (broad SMARTS) is 1. The van der Waals surface area contributed by atoms with Crippen LogP contribution >= 0.6 is 0 Å². The van der Waals surface area contributed by atoms with Gasteiger partial charge in [-0.3, -0.25) is 4.79 Å².